The van der Waals surface area contributed by atoms with Crippen molar-refractivity contribution in [2.75, 3.05) is 0 Å². The molecule has 4 nitrogen and oxygen atoms in total. The Hall–Kier alpha value is -1.55. The highest BCUT2D eigenvalue weighted by Gasteiger charge is 2.24. The summed E-state index contributed by atoms with van der Waals surface area (Å²) in [4.78, 5) is 12.1. The molecule has 1 fully saturated rings. The lowest BCUT2D eigenvalue weighted by Gasteiger charge is -2.22. The number of rotatable bonds is 5. The summed E-state index contributed by atoms with van der Waals surface area (Å²) in [5.41, 5.74) is 6.92. The average molecular weight is 276 g/mol. The molecule has 2 atom stereocenters. The molecule has 1 amide bonds. The first-order valence-electron chi connectivity index (χ1n) is 7.40. The summed E-state index contributed by atoms with van der Waals surface area (Å²) in [5.74, 6) is 0.735. The Morgan fingerprint density at radius 2 is 1.95 bits per heavy atom. The molecule has 1 aromatic carbocycles. The molecule has 2 rings (SSSR count). The molecule has 1 aliphatic rings. The first-order chi connectivity index (χ1) is 9.56. The Morgan fingerprint density at radius 1 is 1.35 bits per heavy atom. The fourth-order valence-corrected chi connectivity index (χ4v) is 2.89. The van der Waals surface area contributed by atoms with Gasteiger partial charge in [0.1, 0.15) is 5.75 Å². The number of nitrogens with one attached hydrogen (secondary N) is 1. The monoisotopic (exact) mass is 276 g/mol. The Labute approximate surface area is 120 Å². The van der Waals surface area contributed by atoms with Gasteiger partial charge in [0, 0.05) is 6.04 Å². The number of hydrogen-bond acceptors (Lipinski definition) is 3. The van der Waals surface area contributed by atoms with Crippen LogP contribution in [0.4, 0.5) is 0 Å². The van der Waals surface area contributed by atoms with Crippen LogP contribution < -0.4 is 11.1 Å². The summed E-state index contributed by atoms with van der Waals surface area (Å²) < 4.78 is 0. The first kappa shape index (κ1) is 14.9. The van der Waals surface area contributed by atoms with Gasteiger partial charge in [-0.15, -0.1) is 0 Å². The zero-order chi connectivity index (χ0) is 14.5. The average Bonchev–Trinajstić information content (AvgIpc) is 2.95. The van der Waals surface area contributed by atoms with Crippen LogP contribution in [0.25, 0.3) is 0 Å². The minimum atomic E-state index is -0.539. The van der Waals surface area contributed by atoms with Crippen molar-refractivity contribution < 1.29 is 9.90 Å². The molecule has 0 aromatic heterocycles. The fourth-order valence-electron chi connectivity index (χ4n) is 2.89. The van der Waals surface area contributed by atoms with Gasteiger partial charge in [0.25, 0.3) is 0 Å². The highest BCUT2D eigenvalue weighted by Crippen LogP contribution is 2.27. The lowest BCUT2D eigenvalue weighted by Crippen LogP contribution is -2.47. The van der Waals surface area contributed by atoms with Gasteiger partial charge in [0.15, 0.2) is 0 Å². The van der Waals surface area contributed by atoms with E-state index in [4.69, 9.17) is 5.73 Å². The van der Waals surface area contributed by atoms with E-state index < -0.39 is 6.04 Å². The third-order valence-corrected chi connectivity index (χ3v) is 4.21. The van der Waals surface area contributed by atoms with Crippen LogP contribution in [0.3, 0.4) is 0 Å². The van der Waals surface area contributed by atoms with Crippen molar-refractivity contribution in [2.24, 2.45) is 11.7 Å². The maximum Gasteiger partial charge on any atom is 0.237 e. The van der Waals surface area contributed by atoms with Crippen LogP contribution in [0, 0.1) is 5.92 Å². The molecule has 0 aliphatic heterocycles. The van der Waals surface area contributed by atoms with Gasteiger partial charge in [-0.1, -0.05) is 25.0 Å². The van der Waals surface area contributed by atoms with Crippen molar-refractivity contribution >= 4 is 5.91 Å². The molecule has 110 valence electrons. The predicted octanol–water partition coefficient (Wildman–Crippen LogP) is 1.96. The van der Waals surface area contributed by atoms with Gasteiger partial charge >= 0.3 is 0 Å². The molecule has 1 aliphatic carbocycles. The van der Waals surface area contributed by atoms with E-state index in [1.54, 1.807) is 24.3 Å². The number of benzene rings is 1. The van der Waals surface area contributed by atoms with Crippen molar-refractivity contribution in [2.45, 2.75) is 51.1 Å². The van der Waals surface area contributed by atoms with Gasteiger partial charge in [0.2, 0.25) is 5.91 Å². The van der Waals surface area contributed by atoms with E-state index >= 15 is 0 Å². The summed E-state index contributed by atoms with van der Waals surface area (Å²) in [7, 11) is 0. The summed E-state index contributed by atoms with van der Waals surface area (Å²) >= 11 is 0. The van der Waals surface area contributed by atoms with E-state index in [-0.39, 0.29) is 17.7 Å². The second-order valence-electron chi connectivity index (χ2n) is 5.82. The molecule has 0 spiro atoms. The fraction of sp³-hybridized carbons (Fsp3) is 0.562. The van der Waals surface area contributed by atoms with Gasteiger partial charge < -0.3 is 16.2 Å². The van der Waals surface area contributed by atoms with Gasteiger partial charge in [-0.2, -0.15) is 0 Å². The molecule has 1 saturated carbocycles. The summed E-state index contributed by atoms with van der Waals surface area (Å²) in [6, 6.07) is 6.48. The second-order valence-corrected chi connectivity index (χ2v) is 5.82. The number of nitrogens with two attached hydrogens (primary N) is 1. The topological polar surface area (TPSA) is 75.4 Å². The Balaban J connectivity index is 1.83. The van der Waals surface area contributed by atoms with Crippen molar-refractivity contribution in [1.29, 1.82) is 0 Å². The molecular formula is C16H24N2O2. The van der Waals surface area contributed by atoms with Gasteiger partial charge in [0.05, 0.1) is 6.04 Å². The summed E-state index contributed by atoms with van der Waals surface area (Å²) in [6.45, 7) is 2.07. The minimum absolute atomic E-state index is 0.0857. The number of hydrogen-bond donors (Lipinski definition) is 3. The third kappa shape index (κ3) is 3.97. The maximum absolute atomic E-state index is 12.1. The SMILES string of the molecule is C[C@@H](NC(=O)[C@@H](N)Cc1ccc(O)cc1)C1CCCC1. The smallest absolute Gasteiger partial charge is 0.237 e. The molecule has 0 saturated heterocycles. The van der Waals surface area contributed by atoms with E-state index in [1.165, 1.54) is 25.7 Å². The summed E-state index contributed by atoms with van der Waals surface area (Å²) in [5, 5.41) is 12.3. The molecular weight excluding hydrogens is 252 g/mol. The zero-order valence-corrected chi connectivity index (χ0v) is 12.0. The van der Waals surface area contributed by atoms with Crippen molar-refractivity contribution in [3.8, 4) is 5.75 Å². The lowest BCUT2D eigenvalue weighted by atomic mass is 9.99. The van der Waals surface area contributed by atoms with E-state index in [0.29, 0.717) is 12.3 Å². The maximum atomic E-state index is 12.1. The van der Waals surface area contributed by atoms with Gasteiger partial charge in [-0.25, -0.2) is 0 Å². The predicted molar refractivity (Wildman–Crippen MR) is 79.3 cm³/mol. The Bertz CT molecular complexity index is 438. The van der Waals surface area contributed by atoms with E-state index in [0.717, 1.165) is 5.56 Å². The lowest BCUT2D eigenvalue weighted by molar-refractivity contribution is -0.123. The Kier molecular flexibility index (Phi) is 5.01. The number of carbonyl (C=O) groups excluding carboxylic acids is 1. The molecule has 0 bridgehead atoms. The van der Waals surface area contributed by atoms with Crippen molar-refractivity contribution in [3.63, 3.8) is 0 Å². The van der Waals surface area contributed by atoms with Crippen LogP contribution in [0.2, 0.25) is 0 Å². The third-order valence-electron chi connectivity index (χ3n) is 4.21. The molecule has 1 aromatic rings. The van der Waals surface area contributed by atoms with Crippen molar-refractivity contribution in [1.82, 2.24) is 5.32 Å². The second kappa shape index (κ2) is 6.75. The first-order valence-corrected chi connectivity index (χ1v) is 7.40. The van der Waals surface area contributed by atoms with Crippen LogP contribution in [0.1, 0.15) is 38.2 Å². The van der Waals surface area contributed by atoms with Gasteiger partial charge in [-0.3, -0.25) is 4.79 Å². The molecule has 4 N–H and O–H groups in total. The molecule has 4 heteroatoms. The highest BCUT2D eigenvalue weighted by molar-refractivity contribution is 5.82. The van der Waals surface area contributed by atoms with Crippen LogP contribution in [0.15, 0.2) is 24.3 Å². The number of phenolic OH excluding ortho intramolecular Hbond substituents is 1. The van der Waals surface area contributed by atoms with Gasteiger partial charge in [-0.05, 0) is 49.8 Å². The largest absolute Gasteiger partial charge is 0.508 e. The minimum Gasteiger partial charge on any atom is -0.508 e. The van der Waals surface area contributed by atoms with Crippen LogP contribution >= 0.6 is 0 Å². The normalized spacial score (nSPS) is 18.7. The molecule has 0 unspecified atom stereocenters. The van der Waals surface area contributed by atoms with Crippen molar-refractivity contribution in [3.05, 3.63) is 29.8 Å². The number of phenols is 1. The molecule has 20 heavy (non-hydrogen) atoms. The van der Waals surface area contributed by atoms with Crippen LogP contribution in [-0.4, -0.2) is 23.1 Å². The number of amides is 1. The van der Waals surface area contributed by atoms with E-state index in [9.17, 15) is 9.90 Å². The van der Waals surface area contributed by atoms with Crippen LogP contribution in [0.5, 0.6) is 5.75 Å². The Morgan fingerprint density at radius 3 is 2.55 bits per heavy atom. The quantitative estimate of drug-likeness (QED) is 0.769. The standard InChI is InChI=1S/C16H24N2O2/c1-11(13-4-2-3-5-13)18-16(20)15(17)10-12-6-8-14(19)9-7-12/h6-9,11,13,15,19H,2-5,10,17H2,1H3,(H,18,20)/t11-,15+/m1/s1. The van der Waals surface area contributed by atoms with E-state index in [1.807, 2.05) is 0 Å². The van der Waals surface area contributed by atoms with E-state index in [2.05, 4.69) is 12.2 Å². The zero-order valence-electron chi connectivity index (χ0n) is 12.0. The number of carbonyl (C=O) groups is 1. The number of aromatic hydroxyl groups is 1. The summed E-state index contributed by atoms with van der Waals surface area (Å²) in [6.07, 6.45) is 5.43. The molecule has 0 radical (unpaired) electrons. The highest BCUT2D eigenvalue weighted by atomic mass is 16.3. The molecule has 0 heterocycles. The van der Waals surface area contributed by atoms with Crippen LogP contribution in [-0.2, 0) is 11.2 Å².